The van der Waals surface area contributed by atoms with E-state index in [4.69, 9.17) is 4.74 Å². The van der Waals surface area contributed by atoms with Crippen molar-refractivity contribution in [2.24, 2.45) is 0 Å². The number of methoxy groups -OCH3 is 1. The molecule has 0 aliphatic rings. The highest BCUT2D eigenvalue weighted by molar-refractivity contribution is 8.00. The largest absolute Gasteiger partial charge is 0.497 e. The first kappa shape index (κ1) is 15.8. The van der Waals surface area contributed by atoms with Crippen LogP contribution in [0.5, 0.6) is 5.75 Å². The zero-order valence-electron chi connectivity index (χ0n) is 11.6. The van der Waals surface area contributed by atoms with E-state index >= 15 is 0 Å². The maximum absolute atomic E-state index is 11.5. The Morgan fingerprint density at radius 2 is 1.95 bits per heavy atom. The van der Waals surface area contributed by atoms with E-state index < -0.39 is 16.1 Å². The normalized spacial score (nSPS) is 11.7. The van der Waals surface area contributed by atoms with Crippen LogP contribution in [0.3, 0.4) is 0 Å². The van der Waals surface area contributed by atoms with Crippen LogP contribution in [0.15, 0.2) is 53.4 Å². The zero-order chi connectivity index (χ0) is 16.1. The van der Waals surface area contributed by atoms with E-state index in [0.29, 0.717) is 16.2 Å². The molecule has 0 spiro atoms. The number of nitro groups is 1. The third kappa shape index (κ3) is 3.76. The average Bonchev–Trinajstić information content (AvgIpc) is 2.53. The summed E-state index contributed by atoms with van der Waals surface area (Å²) in [5.41, 5.74) is 0.522. The van der Waals surface area contributed by atoms with Gasteiger partial charge in [-0.25, -0.2) is 0 Å². The predicted molar refractivity (Wildman–Crippen MR) is 82.3 cm³/mol. The molecule has 0 saturated carbocycles. The number of benzene rings is 2. The van der Waals surface area contributed by atoms with E-state index in [1.54, 1.807) is 30.3 Å². The molecule has 2 aromatic carbocycles. The lowest BCUT2D eigenvalue weighted by atomic mass is 10.1. The van der Waals surface area contributed by atoms with Crippen molar-refractivity contribution in [3.05, 3.63) is 64.2 Å². The average molecular weight is 319 g/mol. The smallest absolute Gasteiger partial charge is 0.321 e. The van der Waals surface area contributed by atoms with Gasteiger partial charge in [0.2, 0.25) is 0 Å². The van der Waals surface area contributed by atoms with Crippen molar-refractivity contribution in [1.29, 1.82) is 0 Å². The summed E-state index contributed by atoms with van der Waals surface area (Å²) < 4.78 is 5.04. The van der Waals surface area contributed by atoms with E-state index in [-0.39, 0.29) is 5.69 Å². The highest BCUT2D eigenvalue weighted by atomic mass is 32.2. The van der Waals surface area contributed by atoms with Crippen molar-refractivity contribution in [2.75, 3.05) is 7.11 Å². The third-order valence-electron chi connectivity index (χ3n) is 2.93. The minimum absolute atomic E-state index is 0.0659. The van der Waals surface area contributed by atoms with Crippen LogP contribution in [0.2, 0.25) is 0 Å². The van der Waals surface area contributed by atoms with Crippen LogP contribution >= 0.6 is 11.8 Å². The Bertz CT molecular complexity index is 687. The number of nitro benzene ring substituents is 1. The first-order valence-electron chi connectivity index (χ1n) is 6.29. The lowest BCUT2D eigenvalue weighted by molar-refractivity contribution is -0.385. The van der Waals surface area contributed by atoms with Gasteiger partial charge in [-0.2, -0.15) is 0 Å². The molecule has 0 aromatic heterocycles. The van der Waals surface area contributed by atoms with E-state index in [1.165, 1.54) is 25.3 Å². The van der Waals surface area contributed by atoms with Crippen molar-refractivity contribution < 1.29 is 19.6 Å². The summed E-state index contributed by atoms with van der Waals surface area (Å²) in [7, 11) is 1.53. The zero-order valence-corrected chi connectivity index (χ0v) is 12.4. The number of nitrogens with zero attached hydrogens (tertiary/aromatic N) is 1. The maximum Gasteiger partial charge on any atom is 0.321 e. The maximum atomic E-state index is 11.5. The molecule has 0 aliphatic carbocycles. The summed E-state index contributed by atoms with van der Waals surface area (Å²) in [6.45, 7) is 0. The summed E-state index contributed by atoms with van der Waals surface area (Å²) in [5, 5.41) is 19.3. The molecular formula is C15H13NO5S. The fourth-order valence-electron chi connectivity index (χ4n) is 1.85. The lowest BCUT2D eigenvalue weighted by Crippen LogP contribution is -2.07. The molecule has 114 valence electrons. The predicted octanol–water partition coefficient (Wildman–Crippen LogP) is 3.52. The molecule has 22 heavy (non-hydrogen) atoms. The lowest BCUT2D eigenvalue weighted by Gasteiger charge is -2.13. The quantitative estimate of drug-likeness (QED) is 0.498. The van der Waals surface area contributed by atoms with Crippen molar-refractivity contribution in [3.8, 4) is 5.75 Å². The molecule has 0 amide bonds. The third-order valence-corrected chi connectivity index (χ3v) is 4.16. The number of aliphatic carboxylic acids is 1. The molecule has 1 atom stereocenters. The van der Waals surface area contributed by atoms with E-state index in [2.05, 4.69) is 0 Å². The monoisotopic (exact) mass is 319 g/mol. The summed E-state index contributed by atoms with van der Waals surface area (Å²) >= 11 is 1.05. The second-order valence-corrected chi connectivity index (χ2v) is 5.54. The van der Waals surface area contributed by atoms with Gasteiger partial charge >= 0.3 is 5.97 Å². The van der Waals surface area contributed by atoms with E-state index in [1.807, 2.05) is 0 Å². The van der Waals surface area contributed by atoms with Gasteiger partial charge in [-0.05, 0) is 23.8 Å². The SMILES string of the molecule is COc1ccc(C(Sc2cccc([N+](=O)[O-])c2)C(=O)O)cc1. The number of hydrogen-bond donors (Lipinski definition) is 1. The number of thioether (sulfide) groups is 1. The second-order valence-electron chi connectivity index (χ2n) is 4.36. The van der Waals surface area contributed by atoms with Crippen LogP contribution in [0.25, 0.3) is 0 Å². The molecule has 0 fully saturated rings. The van der Waals surface area contributed by atoms with Crippen molar-refractivity contribution in [1.82, 2.24) is 0 Å². The first-order chi connectivity index (χ1) is 10.5. The molecular weight excluding hydrogens is 306 g/mol. The summed E-state index contributed by atoms with van der Waals surface area (Å²) in [4.78, 5) is 22.3. The molecule has 1 unspecified atom stereocenters. The van der Waals surface area contributed by atoms with Gasteiger partial charge in [0.25, 0.3) is 5.69 Å². The molecule has 1 N–H and O–H groups in total. The van der Waals surface area contributed by atoms with Gasteiger partial charge in [-0.3, -0.25) is 14.9 Å². The number of rotatable bonds is 6. The summed E-state index contributed by atoms with van der Waals surface area (Å²) in [6.07, 6.45) is 0. The Balaban J connectivity index is 2.27. The molecule has 2 rings (SSSR count). The van der Waals surface area contributed by atoms with E-state index in [0.717, 1.165) is 11.8 Å². The highest BCUT2D eigenvalue weighted by Gasteiger charge is 2.22. The van der Waals surface area contributed by atoms with Gasteiger partial charge in [0, 0.05) is 17.0 Å². The number of carboxylic acid groups (broad SMARTS) is 1. The molecule has 6 nitrogen and oxygen atoms in total. The van der Waals surface area contributed by atoms with Gasteiger partial charge in [-0.15, -0.1) is 11.8 Å². The summed E-state index contributed by atoms with van der Waals surface area (Å²) in [6, 6.07) is 12.6. The first-order valence-corrected chi connectivity index (χ1v) is 7.17. The number of non-ortho nitro benzene ring substituents is 1. The van der Waals surface area contributed by atoms with Crippen molar-refractivity contribution in [3.63, 3.8) is 0 Å². The molecule has 2 aromatic rings. The Labute approximate surface area is 130 Å². The standard InChI is InChI=1S/C15H13NO5S/c1-21-12-7-5-10(6-8-12)14(15(17)18)22-13-4-2-3-11(9-13)16(19)20/h2-9,14H,1H3,(H,17,18). The number of ether oxygens (including phenoxy) is 1. The van der Waals surface area contributed by atoms with Crippen LogP contribution < -0.4 is 4.74 Å². The minimum atomic E-state index is -1.01. The number of carboxylic acids is 1. The number of carbonyl (C=O) groups is 1. The number of hydrogen-bond acceptors (Lipinski definition) is 5. The topological polar surface area (TPSA) is 89.7 Å². The molecule has 0 radical (unpaired) electrons. The minimum Gasteiger partial charge on any atom is -0.497 e. The van der Waals surface area contributed by atoms with Crippen LogP contribution in [0.4, 0.5) is 5.69 Å². The van der Waals surface area contributed by atoms with Crippen LogP contribution in [0.1, 0.15) is 10.8 Å². The second kappa shape index (κ2) is 6.95. The van der Waals surface area contributed by atoms with Gasteiger partial charge in [-0.1, -0.05) is 18.2 Å². The highest BCUT2D eigenvalue weighted by Crippen LogP contribution is 2.37. The van der Waals surface area contributed by atoms with E-state index in [9.17, 15) is 20.0 Å². The van der Waals surface area contributed by atoms with Gasteiger partial charge in [0.15, 0.2) is 0 Å². The van der Waals surface area contributed by atoms with Crippen LogP contribution in [-0.2, 0) is 4.79 Å². The van der Waals surface area contributed by atoms with Crippen molar-refractivity contribution in [2.45, 2.75) is 10.1 Å². The van der Waals surface area contributed by atoms with Gasteiger partial charge < -0.3 is 9.84 Å². The van der Waals surface area contributed by atoms with Crippen LogP contribution in [0, 0.1) is 10.1 Å². The Kier molecular flexibility index (Phi) is 5.00. The van der Waals surface area contributed by atoms with Gasteiger partial charge in [0.1, 0.15) is 11.0 Å². The summed E-state index contributed by atoms with van der Waals surface area (Å²) in [5.74, 6) is -0.380. The molecule has 0 saturated heterocycles. The Morgan fingerprint density at radius 3 is 2.50 bits per heavy atom. The molecule has 0 bridgehead atoms. The van der Waals surface area contributed by atoms with Gasteiger partial charge in [0.05, 0.1) is 12.0 Å². The fraction of sp³-hybridized carbons (Fsp3) is 0.133. The molecule has 0 heterocycles. The fourth-order valence-corrected chi connectivity index (χ4v) is 2.86. The Morgan fingerprint density at radius 1 is 1.27 bits per heavy atom. The Hall–Kier alpha value is -2.54. The van der Waals surface area contributed by atoms with Crippen LogP contribution in [-0.4, -0.2) is 23.1 Å². The molecule has 0 aliphatic heterocycles. The van der Waals surface area contributed by atoms with Crippen molar-refractivity contribution >= 4 is 23.4 Å². The molecule has 7 heteroatoms.